The number of rotatable bonds is 7. The van der Waals surface area contributed by atoms with E-state index in [2.05, 4.69) is 6.58 Å². The molecular weight excluding hydrogens is 196 g/mol. The van der Waals surface area contributed by atoms with Crippen LogP contribution < -0.4 is 0 Å². The molecular formula is C11H18O4. The van der Waals surface area contributed by atoms with Crippen LogP contribution >= 0.6 is 0 Å². The third-order valence-electron chi connectivity index (χ3n) is 2.03. The highest BCUT2D eigenvalue weighted by atomic mass is 16.5. The first kappa shape index (κ1) is 13.7. The lowest BCUT2D eigenvalue weighted by Crippen LogP contribution is -2.17. The first-order valence-corrected chi connectivity index (χ1v) is 5.04. The maximum atomic E-state index is 11.0. The molecule has 0 saturated heterocycles. The molecule has 86 valence electrons. The summed E-state index contributed by atoms with van der Waals surface area (Å²) in [4.78, 5) is 21.7. The van der Waals surface area contributed by atoms with Gasteiger partial charge in [0.25, 0.3) is 0 Å². The minimum Gasteiger partial charge on any atom is -0.481 e. The van der Waals surface area contributed by atoms with Crippen molar-refractivity contribution in [3.05, 3.63) is 12.2 Å². The zero-order valence-electron chi connectivity index (χ0n) is 9.28. The molecule has 0 amide bonds. The molecule has 1 unspecified atom stereocenters. The monoisotopic (exact) mass is 214 g/mol. The standard InChI is InChI=1S/C11H18O4/c1-4-5-9(10(12)13)6-7-15-11(14)8(2)3/h9H,2,4-7H2,1,3H3,(H,12,13). The van der Waals surface area contributed by atoms with E-state index in [1.165, 1.54) is 0 Å². The molecule has 15 heavy (non-hydrogen) atoms. The Labute approximate surface area is 89.9 Å². The number of esters is 1. The minimum atomic E-state index is -0.830. The topological polar surface area (TPSA) is 63.6 Å². The Morgan fingerprint density at radius 2 is 2.00 bits per heavy atom. The molecule has 0 aliphatic carbocycles. The summed E-state index contributed by atoms with van der Waals surface area (Å²) in [6.45, 7) is 7.06. The summed E-state index contributed by atoms with van der Waals surface area (Å²) in [6.07, 6.45) is 1.79. The Morgan fingerprint density at radius 3 is 2.40 bits per heavy atom. The van der Waals surface area contributed by atoms with E-state index in [1.54, 1.807) is 6.92 Å². The fourth-order valence-corrected chi connectivity index (χ4v) is 1.16. The largest absolute Gasteiger partial charge is 0.481 e. The van der Waals surface area contributed by atoms with E-state index < -0.39 is 17.9 Å². The van der Waals surface area contributed by atoms with Crippen molar-refractivity contribution in [2.75, 3.05) is 6.61 Å². The van der Waals surface area contributed by atoms with E-state index in [-0.39, 0.29) is 6.61 Å². The highest BCUT2D eigenvalue weighted by Gasteiger charge is 2.16. The number of carbonyl (C=O) groups is 2. The quantitative estimate of drug-likeness (QED) is 0.520. The fraction of sp³-hybridized carbons (Fsp3) is 0.636. The zero-order chi connectivity index (χ0) is 11.8. The number of carbonyl (C=O) groups excluding carboxylic acids is 1. The molecule has 0 spiro atoms. The molecule has 4 nitrogen and oxygen atoms in total. The number of carboxylic acids is 1. The summed E-state index contributed by atoms with van der Waals surface area (Å²) in [5.74, 6) is -1.72. The van der Waals surface area contributed by atoms with Crippen molar-refractivity contribution in [1.82, 2.24) is 0 Å². The Hall–Kier alpha value is -1.32. The molecule has 4 heteroatoms. The van der Waals surface area contributed by atoms with Crippen LogP contribution in [0.2, 0.25) is 0 Å². The lowest BCUT2D eigenvalue weighted by molar-refractivity contribution is -0.145. The van der Waals surface area contributed by atoms with Crippen molar-refractivity contribution < 1.29 is 19.4 Å². The van der Waals surface area contributed by atoms with Gasteiger partial charge in [-0.2, -0.15) is 0 Å². The molecule has 0 rings (SSSR count). The Balaban J connectivity index is 3.85. The summed E-state index contributed by atoms with van der Waals surface area (Å²) in [5, 5.41) is 8.82. The first-order chi connectivity index (χ1) is 6.99. The molecule has 0 aliphatic rings. The maximum Gasteiger partial charge on any atom is 0.333 e. The van der Waals surface area contributed by atoms with Gasteiger partial charge in [-0.25, -0.2) is 4.79 Å². The molecule has 0 aromatic heterocycles. The number of aliphatic carboxylic acids is 1. The van der Waals surface area contributed by atoms with Gasteiger partial charge in [0.05, 0.1) is 12.5 Å². The van der Waals surface area contributed by atoms with Gasteiger partial charge >= 0.3 is 11.9 Å². The van der Waals surface area contributed by atoms with Crippen LogP contribution in [-0.2, 0) is 14.3 Å². The Bertz CT molecular complexity index is 245. The molecule has 0 aromatic carbocycles. The van der Waals surface area contributed by atoms with Gasteiger partial charge in [-0.15, -0.1) is 0 Å². The van der Waals surface area contributed by atoms with E-state index in [9.17, 15) is 9.59 Å². The normalized spacial score (nSPS) is 11.9. The van der Waals surface area contributed by atoms with E-state index >= 15 is 0 Å². The summed E-state index contributed by atoms with van der Waals surface area (Å²) in [6, 6.07) is 0. The molecule has 0 aliphatic heterocycles. The van der Waals surface area contributed by atoms with Gasteiger partial charge < -0.3 is 9.84 Å². The van der Waals surface area contributed by atoms with Gasteiger partial charge in [0.1, 0.15) is 0 Å². The number of ether oxygens (including phenoxy) is 1. The maximum absolute atomic E-state index is 11.0. The van der Waals surface area contributed by atoms with Crippen LogP contribution in [0.1, 0.15) is 33.1 Å². The second-order valence-electron chi connectivity index (χ2n) is 3.53. The van der Waals surface area contributed by atoms with Crippen molar-refractivity contribution in [2.24, 2.45) is 5.92 Å². The summed E-state index contributed by atoms with van der Waals surface area (Å²) in [5.41, 5.74) is 0.331. The summed E-state index contributed by atoms with van der Waals surface area (Å²) < 4.78 is 4.83. The van der Waals surface area contributed by atoms with Crippen molar-refractivity contribution in [3.63, 3.8) is 0 Å². The average molecular weight is 214 g/mol. The lowest BCUT2D eigenvalue weighted by atomic mass is 10.0. The van der Waals surface area contributed by atoms with Crippen LogP contribution in [0, 0.1) is 5.92 Å². The second kappa shape index (κ2) is 7.04. The number of carboxylic acid groups (broad SMARTS) is 1. The second-order valence-corrected chi connectivity index (χ2v) is 3.53. The van der Waals surface area contributed by atoms with E-state index in [1.807, 2.05) is 6.92 Å². The highest BCUT2D eigenvalue weighted by Crippen LogP contribution is 2.11. The van der Waals surface area contributed by atoms with E-state index in [4.69, 9.17) is 9.84 Å². The molecule has 0 saturated carbocycles. The van der Waals surface area contributed by atoms with Crippen LogP contribution in [0.15, 0.2) is 12.2 Å². The van der Waals surface area contributed by atoms with Crippen LogP contribution in [0.4, 0.5) is 0 Å². The van der Waals surface area contributed by atoms with Gasteiger partial charge in [-0.1, -0.05) is 19.9 Å². The van der Waals surface area contributed by atoms with E-state index in [0.717, 1.165) is 6.42 Å². The molecule has 0 aromatic rings. The minimum absolute atomic E-state index is 0.142. The smallest absolute Gasteiger partial charge is 0.333 e. The molecule has 0 bridgehead atoms. The van der Waals surface area contributed by atoms with E-state index in [0.29, 0.717) is 18.4 Å². The third-order valence-corrected chi connectivity index (χ3v) is 2.03. The Kier molecular flexibility index (Phi) is 6.42. The van der Waals surface area contributed by atoms with Crippen LogP contribution in [0.5, 0.6) is 0 Å². The van der Waals surface area contributed by atoms with Gasteiger partial charge in [-0.05, 0) is 19.8 Å². The number of hydrogen-bond donors (Lipinski definition) is 1. The van der Waals surface area contributed by atoms with Gasteiger partial charge in [0.2, 0.25) is 0 Å². The predicted molar refractivity (Wildman–Crippen MR) is 56.4 cm³/mol. The SMILES string of the molecule is C=C(C)C(=O)OCCC(CCC)C(=O)O. The first-order valence-electron chi connectivity index (χ1n) is 5.04. The number of hydrogen-bond acceptors (Lipinski definition) is 3. The van der Waals surface area contributed by atoms with Crippen molar-refractivity contribution in [1.29, 1.82) is 0 Å². The average Bonchev–Trinajstić information content (AvgIpc) is 2.15. The van der Waals surface area contributed by atoms with Gasteiger partial charge in [0, 0.05) is 5.57 Å². The van der Waals surface area contributed by atoms with Crippen molar-refractivity contribution in [3.8, 4) is 0 Å². The molecule has 1 atom stereocenters. The predicted octanol–water partition coefficient (Wildman–Crippen LogP) is 2.00. The third kappa shape index (κ3) is 5.88. The highest BCUT2D eigenvalue weighted by molar-refractivity contribution is 5.86. The van der Waals surface area contributed by atoms with Gasteiger partial charge in [0.15, 0.2) is 0 Å². The van der Waals surface area contributed by atoms with Crippen LogP contribution in [0.3, 0.4) is 0 Å². The fourth-order valence-electron chi connectivity index (χ4n) is 1.16. The van der Waals surface area contributed by atoms with Crippen molar-refractivity contribution >= 4 is 11.9 Å². The molecule has 1 N–H and O–H groups in total. The van der Waals surface area contributed by atoms with Crippen LogP contribution in [-0.4, -0.2) is 23.7 Å². The molecule has 0 radical (unpaired) electrons. The molecule has 0 heterocycles. The molecule has 0 fully saturated rings. The van der Waals surface area contributed by atoms with Gasteiger partial charge in [-0.3, -0.25) is 4.79 Å². The summed E-state index contributed by atoms with van der Waals surface area (Å²) in [7, 11) is 0. The van der Waals surface area contributed by atoms with Crippen LogP contribution in [0.25, 0.3) is 0 Å². The summed E-state index contributed by atoms with van der Waals surface area (Å²) >= 11 is 0. The Morgan fingerprint density at radius 1 is 1.40 bits per heavy atom. The zero-order valence-corrected chi connectivity index (χ0v) is 9.28. The van der Waals surface area contributed by atoms with Crippen molar-refractivity contribution in [2.45, 2.75) is 33.1 Å². The lowest BCUT2D eigenvalue weighted by Gasteiger charge is -2.11.